The number of morpholine rings is 1. The second-order valence-corrected chi connectivity index (χ2v) is 4.51. The number of hydrogen-bond donors (Lipinski definition) is 1. The lowest BCUT2D eigenvalue weighted by molar-refractivity contribution is -0.00448. The minimum absolute atomic E-state index is 0.218. The van der Waals surface area contributed by atoms with E-state index in [-0.39, 0.29) is 5.82 Å². The quantitative estimate of drug-likeness (QED) is 0.867. The molecule has 0 aromatic heterocycles. The van der Waals surface area contributed by atoms with E-state index in [9.17, 15) is 4.39 Å². The third kappa shape index (κ3) is 3.03. The minimum Gasteiger partial charge on any atom is -0.379 e. The molecule has 3 nitrogen and oxygen atoms in total. The fourth-order valence-electron chi connectivity index (χ4n) is 2.15. The lowest BCUT2D eigenvalue weighted by atomic mass is 10.1. The summed E-state index contributed by atoms with van der Waals surface area (Å²) >= 11 is 0. The highest BCUT2D eigenvalue weighted by Crippen LogP contribution is 2.16. The van der Waals surface area contributed by atoms with Crippen molar-refractivity contribution in [3.8, 4) is 0 Å². The van der Waals surface area contributed by atoms with Gasteiger partial charge in [0.2, 0.25) is 0 Å². The van der Waals surface area contributed by atoms with Gasteiger partial charge in [0.1, 0.15) is 5.82 Å². The third-order valence-corrected chi connectivity index (χ3v) is 3.27. The van der Waals surface area contributed by atoms with Crippen LogP contribution in [-0.4, -0.2) is 30.7 Å². The molecule has 1 aliphatic heterocycles. The Labute approximate surface area is 101 Å². The van der Waals surface area contributed by atoms with Gasteiger partial charge in [0, 0.05) is 25.7 Å². The topological polar surface area (TPSA) is 38.5 Å². The average molecular weight is 238 g/mol. The Morgan fingerprint density at radius 1 is 1.47 bits per heavy atom. The van der Waals surface area contributed by atoms with Crippen LogP contribution in [0.25, 0.3) is 0 Å². The highest BCUT2D eigenvalue weighted by atomic mass is 19.1. The zero-order valence-corrected chi connectivity index (χ0v) is 10.2. The van der Waals surface area contributed by atoms with Crippen molar-refractivity contribution < 1.29 is 9.13 Å². The van der Waals surface area contributed by atoms with E-state index >= 15 is 0 Å². The van der Waals surface area contributed by atoms with Crippen LogP contribution in [0.15, 0.2) is 18.2 Å². The summed E-state index contributed by atoms with van der Waals surface area (Å²) in [6.07, 6.45) is 0. The van der Waals surface area contributed by atoms with Gasteiger partial charge >= 0.3 is 0 Å². The maximum Gasteiger partial charge on any atom is 0.123 e. The fourth-order valence-corrected chi connectivity index (χ4v) is 2.15. The van der Waals surface area contributed by atoms with Crippen LogP contribution < -0.4 is 5.73 Å². The van der Waals surface area contributed by atoms with Gasteiger partial charge in [-0.15, -0.1) is 0 Å². The normalized spacial score (nSPS) is 21.7. The van der Waals surface area contributed by atoms with Crippen LogP contribution in [0.3, 0.4) is 0 Å². The molecule has 1 fully saturated rings. The van der Waals surface area contributed by atoms with Crippen molar-refractivity contribution in [2.75, 3.05) is 19.8 Å². The molecule has 2 N–H and O–H groups in total. The van der Waals surface area contributed by atoms with Gasteiger partial charge in [-0.1, -0.05) is 6.07 Å². The second-order valence-electron chi connectivity index (χ2n) is 4.51. The van der Waals surface area contributed by atoms with E-state index in [1.54, 1.807) is 0 Å². The first kappa shape index (κ1) is 12.5. The molecule has 1 aromatic carbocycles. The van der Waals surface area contributed by atoms with Crippen LogP contribution >= 0.6 is 0 Å². The van der Waals surface area contributed by atoms with Crippen molar-refractivity contribution in [2.45, 2.75) is 26.1 Å². The summed E-state index contributed by atoms with van der Waals surface area (Å²) in [6, 6.07) is 5.26. The summed E-state index contributed by atoms with van der Waals surface area (Å²) in [5.41, 5.74) is 7.66. The number of nitrogens with two attached hydrogens (primary N) is 1. The highest BCUT2D eigenvalue weighted by Gasteiger charge is 2.19. The van der Waals surface area contributed by atoms with E-state index in [0.29, 0.717) is 12.6 Å². The molecule has 0 bridgehead atoms. The molecule has 4 heteroatoms. The lowest BCUT2D eigenvalue weighted by Crippen LogP contribution is -2.43. The van der Waals surface area contributed by atoms with Gasteiger partial charge in [-0.2, -0.15) is 0 Å². The Kier molecular flexibility index (Phi) is 4.10. The van der Waals surface area contributed by atoms with Crippen LogP contribution in [0.5, 0.6) is 0 Å². The summed E-state index contributed by atoms with van der Waals surface area (Å²) in [4.78, 5) is 2.34. The average Bonchev–Trinajstić information content (AvgIpc) is 2.34. The largest absolute Gasteiger partial charge is 0.379 e. The summed E-state index contributed by atoms with van der Waals surface area (Å²) in [5, 5.41) is 0. The molecule has 1 heterocycles. The number of nitrogens with zero attached hydrogens (tertiary/aromatic N) is 1. The van der Waals surface area contributed by atoms with Gasteiger partial charge in [-0.25, -0.2) is 4.39 Å². The maximum atomic E-state index is 13.1. The first-order chi connectivity index (χ1) is 8.20. The number of rotatable bonds is 3. The van der Waals surface area contributed by atoms with Gasteiger partial charge in [0.15, 0.2) is 0 Å². The van der Waals surface area contributed by atoms with Crippen molar-refractivity contribution in [1.29, 1.82) is 0 Å². The molecule has 0 aliphatic carbocycles. The van der Waals surface area contributed by atoms with Crippen LogP contribution in [-0.2, 0) is 17.8 Å². The molecule has 0 spiro atoms. The molecule has 0 amide bonds. The molecule has 1 unspecified atom stereocenters. The van der Waals surface area contributed by atoms with Gasteiger partial charge < -0.3 is 10.5 Å². The first-order valence-corrected chi connectivity index (χ1v) is 6.00. The summed E-state index contributed by atoms with van der Waals surface area (Å²) in [7, 11) is 0. The monoisotopic (exact) mass is 238 g/mol. The molecule has 17 heavy (non-hydrogen) atoms. The van der Waals surface area contributed by atoms with Gasteiger partial charge in [-0.3, -0.25) is 4.90 Å². The fraction of sp³-hybridized carbons (Fsp3) is 0.538. The SMILES string of the molecule is CC1COCCN1Cc1ccc(F)cc1CN. The predicted octanol–water partition coefficient (Wildman–Crippen LogP) is 1.51. The van der Waals surface area contributed by atoms with Crippen molar-refractivity contribution >= 4 is 0 Å². The number of benzene rings is 1. The zero-order valence-electron chi connectivity index (χ0n) is 10.2. The maximum absolute atomic E-state index is 13.1. The number of halogens is 1. The second kappa shape index (κ2) is 5.58. The molecule has 1 saturated heterocycles. The molecule has 94 valence electrons. The molecule has 1 aromatic rings. The molecular formula is C13H19FN2O. The molecule has 1 aliphatic rings. The van der Waals surface area contributed by atoms with E-state index in [2.05, 4.69) is 11.8 Å². The number of hydrogen-bond acceptors (Lipinski definition) is 3. The van der Waals surface area contributed by atoms with Crippen molar-refractivity contribution in [3.63, 3.8) is 0 Å². The highest BCUT2D eigenvalue weighted by molar-refractivity contribution is 5.27. The summed E-state index contributed by atoms with van der Waals surface area (Å²) < 4.78 is 18.5. The summed E-state index contributed by atoms with van der Waals surface area (Å²) in [5.74, 6) is -0.218. The third-order valence-electron chi connectivity index (χ3n) is 3.27. The van der Waals surface area contributed by atoms with Crippen molar-refractivity contribution in [3.05, 3.63) is 35.1 Å². The van der Waals surface area contributed by atoms with Gasteiger partial charge in [-0.05, 0) is 30.2 Å². The van der Waals surface area contributed by atoms with E-state index in [1.807, 2.05) is 6.07 Å². The predicted molar refractivity (Wildman–Crippen MR) is 65.0 cm³/mol. The smallest absolute Gasteiger partial charge is 0.123 e. The zero-order chi connectivity index (χ0) is 12.3. The molecule has 0 saturated carbocycles. The van der Waals surface area contributed by atoms with Gasteiger partial charge in [0.05, 0.1) is 13.2 Å². The Morgan fingerprint density at radius 2 is 2.29 bits per heavy atom. The Morgan fingerprint density at radius 3 is 3.00 bits per heavy atom. The molecular weight excluding hydrogens is 219 g/mol. The molecule has 2 rings (SSSR count). The van der Waals surface area contributed by atoms with E-state index < -0.39 is 0 Å². The van der Waals surface area contributed by atoms with E-state index in [0.717, 1.165) is 37.4 Å². The van der Waals surface area contributed by atoms with Crippen LogP contribution in [0.2, 0.25) is 0 Å². The lowest BCUT2D eigenvalue weighted by Gasteiger charge is -2.33. The molecule has 1 atom stereocenters. The van der Waals surface area contributed by atoms with Crippen LogP contribution in [0.4, 0.5) is 4.39 Å². The van der Waals surface area contributed by atoms with Crippen molar-refractivity contribution in [2.24, 2.45) is 5.73 Å². The summed E-state index contributed by atoms with van der Waals surface area (Å²) in [6.45, 7) is 5.79. The van der Waals surface area contributed by atoms with E-state index in [1.165, 1.54) is 12.1 Å². The molecule has 0 radical (unpaired) electrons. The van der Waals surface area contributed by atoms with Crippen molar-refractivity contribution in [1.82, 2.24) is 4.90 Å². The Bertz CT molecular complexity index is 384. The van der Waals surface area contributed by atoms with Gasteiger partial charge in [0.25, 0.3) is 0 Å². The minimum atomic E-state index is -0.218. The van der Waals surface area contributed by atoms with Crippen LogP contribution in [0.1, 0.15) is 18.1 Å². The standard InChI is InChI=1S/C13H19FN2O/c1-10-9-17-5-4-16(10)8-11-2-3-13(14)6-12(11)7-15/h2-3,6,10H,4-5,7-9,15H2,1H3. The van der Waals surface area contributed by atoms with E-state index in [4.69, 9.17) is 10.5 Å². The van der Waals surface area contributed by atoms with Crippen LogP contribution in [0, 0.1) is 5.82 Å². The first-order valence-electron chi connectivity index (χ1n) is 6.00. The Hall–Kier alpha value is -0.970. The number of ether oxygens (including phenoxy) is 1. The Balaban J connectivity index is 2.11.